The standard InChI is InChI=1S/C21H24N4O5S/c1-5-16-18(20(27)30-4)19(13-8-7-9-14(10-13)25(28)29)24-15(12-31-21(24)22-16)11-17(26)23(3)6-2/h7-10,12,19H,5-6,11H2,1-4H3/t19-/m1/s1. The molecule has 164 valence electrons. The van der Waals surface area contributed by atoms with E-state index in [1.165, 1.54) is 31.0 Å². The second-order valence-electron chi connectivity index (χ2n) is 7.04. The van der Waals surface area contributed by atoms with Crippen LogP contribution in [-0.2, 0) is 14.3 Å². The largest absolute Gasteiger partial charge is 0.466 e. The van der Waals surface area contributed by atoms with Crippen LogP contribution >= 0.6 is 11.8 Å². The van der Waals surface area contributed by atoms with Crippen molar-refractivity contribution in [1.82, 2.24) is 9.80 Å². The van der Waals surface area contributed by atoms with Crippen molar-refractivity contribution in [2.24, 2.45) is 4.99 Å². The lowest BCUT2D eigenvalue weighted by atomic mass is 9.92. The fourth-order valence-corrected chi connectivity index (χ4v) is 4.44. The van der Waals surface area contributed by atoms with Gasteiger partial charge in [0.2, 0.25) is 5.91 Å². The lowest BCUT2D eigenvalue weighted by Gasteiger charge is -2.36. The Bertz CT molecular complexity index is 1020. The third kappa shape index (κ3) is 4.34. The molecule has 2 aliphatic rings. The number of nitro groups is 1. The third-order valence-electron chi connectivity index (χ3n) is 5.26. The number of hydrogen-bond donors (Lipinski definition) is 0. The van der Waals surface area contributed by atoms with E-state index in [-0.39, 0.29) is 18.0 Å². The summed E-state index contributed by atoms with van der Waals surface area (Å²) in [6.45, 7) is 4.35. The number of carbonyl (C=O) groups is 2. The normalized spacial score (nSPS) is 17.7. The quantitative estimate of drug-likeness (QED) is 0.359. The number of esters is 1. The van der Waals surface area contributed by atoms with E-state index in [9.17, 15) is 19.7 Å². The van der Waals surface area contributed by atoms with Gasteiger partial charge < -0.3 is 14.5 Å². The molecular formula is C21H24N4O5S. The summed E-state index contributed by atoms with van der Waals surface area (Å²) in [7, 11) is 3.02. The first-order valence-electron chi connectivity index (χ1n) is 9.85. The molecule has 1 amide bonds. The maximum absolute atomic E-state index is 12.8. The Labute approximate surface area is 184 Å². The number of hydrogen-bond acceptors (Lipinski definition) is 8. The first kappa shape index (κ1) is 22.5. The van der Waals surface area contributed by atoms with E-state index in [1.807, 2.05) is 24.2 Å². The molecule has 1 aromatic carbocycles. The summed E-state index contributed by atoms with van der Waals surface area (Å²) in [5, 5.41) is 13.8. The number of rotatable bonds is 7. The van der Waals surface area contributed by atoms with Crippen LogP contribution < -0.4 is 0 Å². The Kier molecular flexibility index (Phi) is 6.79. The summed E-state index contributed by atoms with van der Waals surface area (Å²) in [4.78, 5) is 44.4. The first-order valence-corrected chi connectivity index (χ1v) is 10.7. The molecule has 0 spiro atoms. The number of amidine groups is 1. The molecule has 0 radical (unpaired) electrons. The van der Waals surface area contributed by atoms with Gasteiger partial charge in [-0.2, -0.15) is 0 Å². The Hall–Kier alpha value is -3.14. The summed E-state index contributed by atoms with van der Waals surface area (Å²) in [6, 6.07) is 5.48. The van der Waals surface area contributed by atoms with Crippen LogP contribution in [0.4, 0.5) is 5.69 Å². The second kappa shape index (κ2) is 9.34. The average Bonchev–Trinajstić information content (AvgIpc) is 3.18. The summed E-state index contributed by atoms with van der Waals surface area (Å²) in [5.74, 6) is -0.623. The van der Waals surface area contributed by atoms with Crippen LogP contribution in [0.5, 0.6) is 0 Å². The van der Waals surface area contributed by atoms with Crippen LogP contribution in [0, 0.1) is 10.1 Å². The van der Waals surface area contributed by atoms with Crippen molar-refractivity contribution in [2.75, 3.05) is 20.7 Å². The van der Waals surface area contributed by atoms with E-state index in [1.54, 1.807) is 24.1 Å². The number of allylic oxidation sites excluding steroid dienone is 1. The number of nitrogens with zero attached hydrogens (tertiary/aromatic N) is 4. The van der Waals surface area contributed by atoms with Gasteiger partial charge in [0, 0.05) is 31.4 Å². The number of benzene rings is 1. The Morgan fingerprint density at radius 2 is 2.10 bits per heavy atom. The molecule has 1 atom stereocenters. The molecule has 0 unspecified atom stereocenters. The van der Waals surface area contributed by atoms with E-state index in [4.69, 9.17) is 4.74 Å². The van der Waals surface area contributed by atoms with Gasteiger partial charge in [-0.05, 0) is 24.3 Å². The first-order chi connectivity index (χ1) is 14.8. The van der Waals surface area contributed by atoms with Crippen molar-refractivity contribution >= 4 is 34.5 Å². The predicted molar refractivity (Wildman–Crippen MR) is 118 cm³/mol. The number of methoxy groups -OCH3 is 1. The molecule has 31 heavy (non-hydrogen) atoms. The molecule has 0 aliphatic carbocycles. The topological polar surface area (TPSA) is 105 Å². The number of thioether (sulfide) groups is 1. The van der Waals surface area contributed by atoms with Crippen LogP contribution in [0.15, 0.2) is 51.6 Å². The van der Waals surface area contributed by atoms with Gasteiger partial charge in [0.1, 0.15) is 0 Å². The highest BCUT2D eigenvalue weighted by molar-refractivity contribution is 8.16. The van der Waals surface area contributed by atoms with Gasteiger partial charge in [-0.15, -0.1) is 0 Å². The van der Waals surface area contributed by atoms with E-state index >= 15 is 0 Å². The number of carbonyl (C=O) groups excluding carboxylic acids is 2. The van der Waals surface area contributed by atoms with Gasteiger partial charge in [0.05, 0.1) is 35.8 Å². The van der Waals surface area contributed by atoms with Crippen molar-refractivity contribution in [3.8, 4) is 0 Å². The summed E-state index contributed by atoms with van der Waals surface area (Å²) in [6.07, 6.45) is 0.609. The molecule has 0 fully saturated rings. The van der Waals surface area contributed by atoms with E-state index in [0.29, 0.717) is 40.7 Å². The molecule has 1 aromatic rings. The number of amides is 1. The highest BCUT2D eigenvalue weighted by Crippen LogP contribution is 2.45. The van der Waals surface area contributed by atoms with Crippen LogP contribution in [0.1, 0.15) is 38.3 Å². The Morgan fingerprint density at radius 1 is 1.35 bits per heavy atom. The van der Waals surface area contributed by atoms with Crippen molar-refractivity contribution < 1.29 is 19.2 Å². The van der Waals surface area contributed by atoms with Crippen molar-refractivity contribution in [3.05, 3.63) is 62.3 Å². The fraction of sp³-hybridized carbons (Fsp3) is 0.381. The number of fused-ring (bicyclic) bond motifs is 1. The van der Waals surface area contributed by atoms with Crippen molar-refractivity contribution in [2.45, 2.75) is 32.7 Å². The summed E-state index contributed by atoms with van der Waals surface area (Å²) < 4.78 is 5.04. The molecular weight excluding hydrogens is 420 g/mol. The van der Waals surface area contributed by atoms with Crippen LogP contribution in [0.2, 0.25) is 0 Å². The molecule has 10 heteroatoms. The molecule has 0 saturated heterocycles. The highest BCUT2D eigenvalue weighted by Gasteiger charge is 2.42. The zero-order chi connectivity index (χ0) is 22.7. The van der Waals surface area contributed by atoms with Crippen LogP contribution in [0.25, 0.3) is 0 Å². The van der Waals surface area contributed by atoms with Gasteiger partial charge >= 0.3 is 5.97 Å². The van der Waals surface area contributed by atoms with Crippen LogP contribution in [0.3, 0.4) is 0 Å². The molecule has 0 bridgehead atoms. The summed E-state index contributed by atoms with van der Waals surface area (Å²) in [5.41, 5.74) is 2.04. The van der Waals surface area contributed by atoms with Crippen molar-refractivity contribution in [1.29, 1.82) is 0 Å². The molecule has 0 aromatic heterocycles. The minimum absolute atomic E-state index is 0.0710. The Morgan fingerprint density at radius 3 is 2.71 bits per heavy atom. The Balaban J connectivity index is 2.14. The maximum Gasteiger partial charge on any atom is 0.338 e. The van der Waals surface area contributed by atoms with E-state index in [2.05, 4.69) is 4.99 Å². The smallest absolute Gasteiger partial charge is 0.338 e. The van der Waals surface area contributed by atoms with Gasteiger partial charge in [0.25, 0.3) is 5.69 Å². The third-order valence-corrected chi connectivity index (χ3v) is 6.15. The van der Waals surface area contributed by atoms with Gasteiger partial charge in [0.15, 0.2) is 5.17 Å². The molecule has 3 rings (SSSR count). The molecule has 2 heterocycles. The van der Waals surface area contributed by atoms with E-state index < -0.39 is 16.9 Å². The SMILES string of the molecule is CCC1=C(C(=O)OC)[C@@H](c2cccc([N+](=O)[O-])c2)N2C(CC(=O)N(C)CC)=CSC2=N1. The molecule has 2 aliphatic heterocycles. The van der Waals surface area contributed by atoms with Crippen LogP contribution in [-0.4, -0.2) is 52.5 Å². The van der Waals surface area contributed by atoms with Gasteiger partial charge in [-0.3, -0.25) is 14.9 Å². The number of aliphatic imine (C=N–C) groups is 1. The highest BCUT2D eigenvalue weighted by atomic mass is 32.2. The lowest BCUT2D eigenvalue weighted by molar-refractivity contribution is -0.384. The number of ether oxygens (including phenoxy) is 1. The zero-order valence-corrected chi connectivity index (χ0v) is 18.6. The maximum atomic E-state index is 12.8. The predicted octanol–water partition coefficient (Wildman–Crippen LogP) is 3.60. The number of nitro benzene ring substituents is 1. The minimum Gasteiger partial charge on any atom is -0.466 e. The summed E-state index contributed by atoms with van der Waals surface area (Å²) >= 11 is 1.37. The molecule has 0 saturated carbocycles. The average molecular weight is 445 g/mol. The lowest BCUT2D eigenvalue weighted by Crippen LogP contribution is -2.38. The fourth-order valence-electron chi connectivity index (χ4n) is 3.50. The van der Waals surface area contributed by atoms with E-state index in [0.717, 1.165) is 0 Å². The monoisotopic (exact) mass is 444 g/mol. The molecule has 9 nitrogen and oxygen atoms in total. The number of non-ortho nitro benzene ring substituents is 1. The van der Waals surface area contributed by atoms with Crippen molar-refractivity contribution in [3.63, 3.8) is 0 Å². The minimum atomic E-state index is -0.684. The van der Waals surface area contributed by atoms with Gasteiger partial charge in [-0.25, -0.2) is 9.79 Å². The molecule has 0 N–H and O–H groups in total. The zero-order valence-electron chi connectivity index (χ0n) is 17.8. The second-order valence-corrected chi connectivity index (χ2v) is 7.87. The van der Waals surface area contributed by atoms with Gasteiger partial charge in [-0.1, -0.05) is 30.8 Å².